The van der Waals surface area contributed by atoms with E-state index in [2.05, 4.69) is 36.9 Å². The molecule has 3 unspecified atom stereocenters. The summed E-state index contributed by atoms with van der Waals surface area (Å²) in [4.78, 5) is 2.62. The van der Waals surface area contributed by atoms with Crippen LogP contribution >= 0.6 is 0 Å². The zero-order valence-electron chi connectivity index (χ0n) is 12.8. The summed E-state index contributed by atoms with van der Waals surface area (Å²) in [6.07, 6.45) is 5.94. The first kappa shape index (κ1) is 14.1. The summed E-state index contributed by atoms with van der Waals surface area (Å²) < 4.78 is 0. The van der Waals surface area contributed by atoms with Gasteiger partial charge < -0.3 is 5.11 Å². The van der Waals surface area contributed by atoms with Crippen molar-refractivity contribution in [1.82, 2.24) is 4.90 Å². The Morgan fingerprint density at radius 2 is 1.80 bits per heavy atom. The predicted molar refractivity (Wildman–Crippen MR) is 82.7 cm³/mol. The highest BCUT2D eigenvalue weighted by molar-refractivity contribution is 5.28. The Hall–Kier alpha value is -0.860. The van der Waals surface area contributed by atoms with Crippen LogP contribution in [0.4, 0.5) is 0 Å². The first-order valence-corrected chi connectivity index (χ1v) is 8.13. The first-order valence-electron chi connectivity index (χ1n) is 8.13. The Morgan fingerprint density at radius 1 is 1.05 bits per heavy atom. The smallest absolute Gasteiger partial charge is 0.0583 e. The summed E-state index contributed by atoms with van der Waals surface area (Å²) in [5.74, 6) is 0.517. The van der Waals surface area contributed by atoms with Gasteiger partial charge in [0.1, 0.15) is 0 Å². The van der Waals surface area contributed by atoms with Gasteiger partial charge in [-0.3, -0.25) is 4.90 Å². The normalized spacial score (nSPS) is 31.1. The van der Waals surface area contributed by atoms with Gasteiger partial charge in [-0.25, -0.2) is 0 Å². The molecule has 1 saturated heterocycles. The van der Waals surface area contributed by atoms with Gasteiger partial charge in [-0.05, 0) is 51.6 Å². The van der Waals surface area contributed by atoms with Crippen LogP contribution in [0, 0.1) is 19.8 Å². The summed E-state index contributed by atoms with van der Waals surface area (Å²) in [7, 11) is 0. The second-order valence-corrected chi connectivity index (χ2v) is 6.84. The summed E-state index contributed by atoms with van der Waals surface area (Å²) in [6.45, 7) is 6.61. The number of benzene rings is 1. The first-order chi connectivity index (χ1) is 9.63. The molecule has 20 heavy (non-hydrogen) atoms. The number of aliphatic hydroxyl groups is 1. The van der Waals surface area contributed by atoms with Crippen molar-refractivity contribution >= 4 is 0 Å². The SMILES string of the molecule is Cc1cc(C)cc(CN2CCCC2C2CCCC2O)c1. The molecule has 0 bridgehead atoms. The quantitative estimate of drug-likeness (QED) is 0.912. The van der Waals surface area contributed by atoms with Crippen molar-refractivity contribution in [3.05, 3.63) is 34.9 Å². The van der Waals surface area contributed by atoms with Crippen LogP contribution < -0.4 is 0 Å². The van der Waals surface area contributed by atoms with Crippen LogP contribution in [0.15, 0.2) is 18.2 Å². The Balaban J connectivity index is 1.72. The van der Waals surface area contributed by atoms with E-state index in [-0.39, 0.29) is 6.10 Å². The van der Waals surface area contributed by atoms with Crippen molar-refractivity contribution < 1.29 is 5.11 Å². The van der Waals surface area contributed by atoms with Crippen LogP contribution in [0.25, 0.3) is 0 Å². The second kappa shape index (κ2) is 5.87. The average molecular weight is 273 g/mol. The van der Waals surface area contributed by atoms with Crippen molar-refractivity contribution in [3.63, 3.8) is 0 Å². The van der Waals surface area contributed by atoms with Crippen LogP contribution in [0.3, 0.4) is 0 Å². The maximum Gasteiger partial charge on any atom is 0.0583 e. The van der Waals surface area contributed by atoms with Gasteiger partial charge in [-0.2, -0.15) is 0 Å². The number of hydrogen-bond acceptors (Lipinski definition) is 2. The third-order valence-electron chi connectivity index (χ3n) is 5.11. The molecule has 2 nitrogen and oxygen atoms in total. The van der Waals surface area contributed by atoms with E-state index in [1.165, 1.54) is 48.9 Å². The lowest BCUT2D eigenvalue weighted by Gasteiger charge is -2.31. The lowest BCUT2D eigenvalue weighted by molar-refractivity contribution is 0.0718. The standard InChI is InChI=1S/C18H27NO/c1-13-9-14(2)11-15(10-13)12-19-8-4-6-17(19)16-5-3-7-18(16)20/h9-11,16-18,20H,3-8,12H2,1-2H3. The van der Waals surface area contributed by atoms with E-state index in [4.69, 9.17) is 0 Å². The van der Waals surface area contributed by atoms with E-state index in [1.807, 2.05) is 0 Å². The fourth-order valence-electron chi connectivity index (χ4n) is 4.35. The Kier molecular flexibility index (Phi) is 4.13. The number of likely N-dealkylation sites (tertiary alicyclic amines) is 1. The molecular formula is C18H27NO. The maximum absolute atomic E-state index is 10.2. The molecule has 1 aromatic carbocycles. The van der Waals surface area contributed by atoms with Crippen LogP contribution in [-0.4, -0.2) is 28.7 Å². The Bertz CT molecular complexity index is 450. The van der Waals surface area contributed by atoms with Gasteiger partial charge in [0.25, 0.3) is 0 Å². The molecule has 110 valence electrons. The molecular weight excluding hydrogens is 246 g/mol. The number of rotatable bonds is 3. The van der Waals surface area contributed by atoms with Gasteiger partial charge in [0.05, 0.1) is 6.10 Å². The van der Waals surface area contributed by atoms with Gasteiger partial charge in [0.2, 0.25) is 0 Å². The molecule has 0 radical (unpaired) electrons. The van der Waals surface area contributed by atoms with E-state index >= 15 is 0 Å². The molecule has 1 heterocycles. The van der Waals surface area contributed by atoms with Gasteiger partial charge in [-0.1, -0.05) is 35.7 Å². The van der Waals surface area contributed by atoms with E-state index in [0.717, 1.165) is 13.0 Å². The number of aryl methyl sites for hydroxylation is 2. The van der Waals surface area contributed by atoms with Crippen LogP contribution in [0.1, 0.15) is 48.8 Å². The average Bonchev–Trinajstić information content (AvgIpc) is 2.96. The molecule has 0 amide bonds. The molecule has 0 aromatic heterocycles. The van der Waals surface area contributed by atoms with E-state index in [9.17, 15) is 5.11 Å². The highest BCUT2D eigenvalue weighted by atomic mass is 16.3. The van der Waals surface area contributed by atoms with Crippen LogP contribution in [0.5, 0.6) is 0 Å². The molecule has 2 aliphatic rings. The predicted octanol–water partition coefficient (Wildman–Crippen LogP) is 3.43. The fourth-order valence-corrected chi connectivity index (χ4v) is 4.35. The van der Waals surface area contributed by atoms with Crippen molar-refractivity contribution in [3.8, 4) is 0 Å². The van der Waals surface area contributed by atoms with Crippen molar-refractivity contribution in [1.29, 1.82) is 0 Å². The van der Waals surface area contributed by atoms with Crippen molar-refractivity contribution in [2.45, 2.75) is 64.6 Å². The number of nitrogens with zero attached hydrogens (tertiary/aromatic N) is 1. The van der Waals surface area contributed by atoms with Gasteiger partial charge in [0, 0.05) is 18.5 Å². The summed E-state index contributed by atoms with van der Waals surface area (Å²) in [5, 5.41) is 10.2. The van der Waals surface area contributed by atoms with E-state index in [1.54, 1.807) is 0 Å². The van der Waals surface area contributed by atoms with Crippen molar-refractivity contribution in [2.75, 3.05) is 6.54 Å². The molecule has 0 spiro atoms. The van der Waals surface area contributed by atoms with Crippen LogP contribution in [0.2, 0.25) is 0 Å². The van der Waals surface area contributed by atoms with Gasteiger partial charge in [0.15, 0.2) is 0 Å². The van der Waals surface area contributed by atoms with Gasteiger partial charge >= 0.3 is 0 Å². The molecule has 1 aliphatic heterocycles. The highest BCUT2D eigenvalue weighted by Crippen LogP contribution is 2.36. The monoisotopic (exact) mass is 273 g/mol. The third kappa shape index (κ3) is 2.91. The topological polar surface area (TPSA) is 23.5 Å². The van der Waals surface area contributed by atoms with Crippen LogP contribution in [-0.2, 0) is 6.54 Å². The van der Waals surface area contributed by atoms with Gasteiger partial charge in [-0.15, -0.1) is 0 Å². The van der Waals surface area contributed by atoms with Crippen molar-refractivity contribution in [2.24, 2.45) is 5.92 Å². The summed E-state index contributed by atoms with van der Waals surface area (Å²) >= 11 is 0. The zero-order chi connectivity index (χ0) is 14.1. The van der Waals surface area contributed by atoms with E-state index < -0.39 is 0 Å². The number of hydrogen-bond donors (Lipinski definition) is 1. The molecule has 3 rings (SSSR count). The molecule has 1 N–H and O–H groups in total. The lowest BCUT2D eigenvalue weighted by Crippen LogP contribution is -2.38. The zero-order valence-corrected chi connectivity index (χ0v) is 12.8. The Morgan fingerprint density at radius 3 is 2.45 bits per heavy atom. The minimum atomic E-state index is -0.0557. The van der Waals surface area contributed by atoms with E-state index in [0.29, 0.717) is 12.0 Å². The molecule has 1 saturated carbocycles. The molecule has 2 fully saturated rings. The largest absolute Gasteiger partial charge is 0.393 e. The highest BCUT2D eigenvalue weighted by Gasteiger charge is 2.37. The fraction of sp³-hybridized carbons (Fsp3) is 0.667. The minimum absolute atomic E-state index is 0.0557. The lowest BCUT2D eigenvalue weighted by atomic mass is 9.93. The summed E-state index contributed by atoms with van der Waals surface area (Å²) in [6, 6.07) is 7.47. The number of aliphatic hydroxyl groups excluding tert-OH is 1. The molecule has 1 aromatic rings. The minimum Gasteiger partial charge on any atom is -0.393 e. The second-order valence-electron chi connectivity index (χ2n) is 6.84. The third-order valence-corrected chi connectivity index (χ3v) is 5.11. The molecule has 3 atom stereocenters. The molecule has 2 heteroatoms. The maximum atomic E-state index is 10.2. The Labute approximate surface area is 122 Å². The molecule has 1 aliphatic carbocycles. The summed E-state index contributed by atoms with van der Waals surface area (Å²) in [5.41, 5.74) is 4.15.